The smallest absolute Gasteiger partial charge is 0.243 e. The van der Waals surface area contributed by atoms with E-state index in [1.165, 1.54) is 4.90 Å². The first kappa shape index (κ1) is 14.7. The van der Waals surface area contributed by atoms with E-state index in [1.807, 2.05) is 6.07 Å². The summed E-state index contributed by atoms with van der Waals surface area (Å²) in [7, 11) is -1.53. The van der Waals surface area contributed by atoms with Crippen LogP contribution in [0.15, 0.2) is 30.3 Å². The van der Waals surface area contributed by atoms with Crippen molar-refractivity contribution in [3.05, 3.63) is 35.9 Å². The van der Waals surface area contributed by atoms with Crippen LogP contribution in [0.5, 0.6) is 0 Å². The van der Waals surface area contributed by atoms with Gasteiger partial charge >= 0.3 is 0 Å². The average molecular weight is 270 g/mol. The molecule has 0 aliphatic carbocycles. The van der Waals surface area contributed by atoms with Crippen molar-refractivity contribution in [1.29, 1.82) is 0 Å². The molecular formula is C12H18N2O3S. The maximum atomic E-state index is 12.0. The first-order valence-corrected chi connectivity index (χ1v) is 7.60. The molecule has 2 N–H and O–H groups in total. The predicted molar refractivity (Wildman–Crippen MR) is 70.7 cm³/mol. The van der Waals surface area contributed by atoms with Crippen LogP contribution in [0.4, 0.5) is 0 Å². The fourth-order valence-electron chi connectivity index (χ4n) is 1.45. The molecule has 1 aromatic rings. The highest BCUT2D eigenvalue weighted by molar-refractivity contribution is 7.90. The van der Waals surface area contributed by atoms with E-state index in [-0.39, 0.29) is 18.2 Å². The van der Waals surface area contributed by atoms with Crippen molar-refractivity contribution in [3.8, 4) is 0 Å². The number of benzene rings is 1. The molecule has 0 saturated heterocycles. The number of nitrogens with two attached hydrogens (primary N) is 1. The number of nitrogens with zero attached hydrogens (tertiary/aromatic N) is 1. The van der Waals surface area contributed by atoms with Crippen LogP contribution >= 0.6 is 0 Å². The third kappa shape index (κ3) is 4.46. The van der Waals surface area contributed by atoms with E-state index < -0.39 is 15.9 Å². The second kappa shape index (κ2) is 5.97. The Labute approximate surface area is 108 Å². The summed E-state index contributed by atoms with van der Waals surface area (Å²) in [6.45, 7) is 0.151. The zero-order valence-corrected chi connectivity index (χ0v) is 11.4. The van der Waals surface area contributed by atoms with Crippen molar-refractivity contribution in [2.75, 3.05) is 25.6 Å². The first-order chi connectivity index (χ1) is 8.31. The van der Waals surface area contributed by atoms with Gasteiger partial charge in [-0.25, -0.2) is 8.42 Å². The Morgan fingerprint density at radius 1 is 1.33 bits per heavy atom. The van der Waals surface area contributed by atoms with E-state index >= 15 is 0 Å². The molecule has 0 aliphatic heterocycles. The van der Waals surface area contributed by atoms with E-state index in [4.69, 9.17) is 5.73 Å². The second-order valence-electron chi connectivity index (χ2n) is 4.28. The number of carbonyl (C=O) groups excluding carboxylic acids is 1. The van der Waals surface area contributed by atoms with Crippen LogP contribution < -0.4 is 5.73 Å². The Kier molecular flexibility index (Phi) is 4.86. The SMILES string of the molecule is CN(CCS(C)(=O)=O)C(=O)C(N)c1ccccc1. The minimum Gasteiger partial charge on any atom is -0.343 e. The third-order valence-electron chi connectivity index (χ3n) is 2.60. The Balaban J connectivity index is 2.64. The monoisotopic (exact) mass is 270 g/mol. The molecule has 0 aliphatic rings. The molecule has 1 rings (SSSR count). The molecule has 0 saturated carbocycles. The van der Waals surface area contributed by atoms with Gasteiger partial charge in [-0.05, 0) is 5.56 Å². The van der Waals surface area contributed by atoms with Crippen LogP contribution in [0.25, 0.3) is 0 Å². The summed E-state index contributed by atoms with van der Waals surface area (Å²) < 4.78 is 22.1. The molecule has 0 heterocycles. The molecule has 0 radical (unpaired) electrons. The molecule has 1 unspecified atom stereocenters. The quantitative estimate of drug-likeness (QED) is 0.828. The van der Waals surface area contributed by atoms with Crippen molar-refractivity contribution >= 4 is 15.7 Å². The topological polar surface area (TPSA) is 80.5 Å². The largest absolute Gasteiger partial charge is 0.343 e. The predicted octanol–water partition coefficient (Wildman–Crippen LogP) is 0.189. The fourth-order valence-corrected chi connectivity index (χ4v) is 2.06. The van der Waals surface area contributed by atoms with Crippen LogP contribution in [0.2, 0.25) is 0 Å². The summed E-state index contributed by atoms with van der Waals surface area (Å²) in [5, 5.41) is 0. The summed E-state index contributed by atoms with van der Waals surface area (Å²) in [5.41, 5.74) is 6.55. The Hall–Kier alpha value is -1.40. The van der Waals surface area contributed by atoms with Crippen molar-refractivity contribution in [2.45, 2.75) is 6.04 Å². The third-order valence-corrected chi connectivity index (χ3v) is 3.52. The molecule has 0 spiro atoms. The van der Waals surface area contributed by atoms with Crippen molar-refractivity contribution < 1.29 is 13.2 Å². The normalized spacial score (nSPS) is 13.1. The van der Waals surface area contributed by atoms with Crippen LogP contribution in [-0.2, 0) is 14.6 Å². The van der Waals surface area contributed by atoms with Crippen molar-refractivity contribution in [3.63, 3.8) is 0 Å². The van der Waals surface area contributed by atoms with Gasteiger partial charge in [0, 0.05) is 19.8 Å². The zero-order valence-electron chi connectivity index (χ0n) is 10.5. The number of rotatable bonds is 5. The summed E-state index contributed by atoms with van der Waals surface area (Å²) >= 11 is 0. The van der Waals surface area contributed by atoms with Gasteiger partial charge in [-0.1, -0.05) is 30.3 Å². The molecule has 18 heavy (non-hydrogen) atoms. The summed E-state index contributed by atoms with van der Waals surface area (Å²) in [6, 6.07) is 8.24. The highest BCUT2D eigenvalue weighted by Crippen LogP contribution is 2.11. The number of hydrogen-bond acceptors (Lipinski definition) is 4. The van der Waals surface area contributed by atoms with E-state index in [0.29, 0.717) is 5.56 Å². The second-order valence-corrected chi connectivity index (χ2v) is 6.54. The molecule has 0 fully saturated rings. The van der Waals surface area contributed by atoms with Gasteiger partial charge < -0.3 is 10.6 Å². The number of hydrogen-bond donors (Lipinski definition) is 1. The molecule has 0 bridgehead atoms. The van der Waals surface area contributed by atoms with Gasteiger partial charge in [0.1, 0.15) is 15.9 Å². The minimum absolute atomic E-state index is 0.0588. The van der Waals surface area contributed by atoms with E-state index in [2.05, 4.69) is 0 Å². The lowest BCUT2D eigenvalue weighted by Gasteiger charge is -2.21. The standard InChI is InChI=1S/C12H18N2O3S/c1-14(8-9-18(2,16)17)12(15)11(13)10-6-4-3-5-7-10/h3-7,11H,8-9,13H2,1-2H3. The number of amides is 1. The van der Waals surface area contributed by atoms with Crippen molar-refractivity contribution in [2.24, 2.45) is 5.73 Å². The van der Waals surface area contributed by atoms with Crippen LogP contribution in [-0.4, -0.2) is 44.8 Å². The first-order valence-electron chi connectivity index (χ1n) is 5.54. The molecule has 1 aromatic carbocycles. The van der Waals surface area contributed by atoms with E-state index in [1.54, 1.807) is 31.3 Å². The van der Waals surface area contributed by atoms with Crippen LogP contribution in [0, 0.1) is 0 Å². The number of carbonyl (C=O) groups is 1. The van der Waals surface area contributed by atoms with Gasteiger partial charge in [-0.2, -0.15) is 0 Å². The average Bonchev–Trinajstić information content (AvgIpc) is 2.34. The van der Waals surface area contributed by atoms with Gasteiger partial charge in [0.15, 0.2) is 0 Å². The molecule has 0 aromatic heterocycles. The van der Waals surface area contributed by atoms with Gasteiger partial charge in [-0.15, -0.1) is 0 Å². The highest BCUT2D eigenvalue weighted by Gasteiger charge is 2.20. The molecule has 6 heteroatoms. The van der Waals surface area contributed by atoms with Crippen LogP contribution in [0.1, 0.15) is 11.6 Å². The van der Waals surface area contributed by atoms with Gasteiger partial charge in [0.25, 0.3) is 0 Å². The van der Waals surface area contributed by atoms with Gasteiger partial charge in [0.2, 0.25) is 5.91 Å². The zero-order chi connectivity index (χ0) is 13.8. The summed E-state index contributed by atoms with van der Waals surface area (Å²) in [6.07, 6.45) is 1.14. The van der Waals surface area contributed by atoms with Gasteiger partial charge in [-0.3, -0.25) is 4.79 Å². The number of likely N-dealkylation sites (N-methyl/N-ethyl adjacent to an activating group) is 1. The molecular weight excluding hydrogens is 252 g/mol. The molecule has 1 amide bonds. The van der Waals surface area contributed by atoms with E-state index in [9.17, 15) is 13.2 Å². The molecule has 100 valence electrons. The Morgan fingerprint density at radius 2 is 1.89 bits per heavy atom. The van der Waals surface area contributed by atoms with Gasteiger partial charge in [0.05, 0.1) is 5.75 Å². The van der Waals surface area contributed by atoms with Crippen molar-refractivity contribution in [1.82, 2.24) is 4.90 Å². The number of sulfone groups is 1. The minimum atomic E-state index is -3.08. The lowest BCUT2D eigenvalue weighted by Crippen LogP contribution is -2.38. The molecule has 1 atom stereocenters. The van der Waals surface area contributed by atoms with E-state index in [0.717, 1.165) is 6.26 Å². The maximum absolute atomic E-state index is 12.0. The fraction of sp³-hybridized carbons (Fsp3) is 0.417. The Morgan fingerprint density at radius 3 is 2.39 bits per heavy atom. The summed E-state index contributed by atoms with van der Waals surface area (Å²) in [5.74, 6) is -0.346. The highest BCUT2D eigenvalue weighted by atomic mass is 32.2. The summed E-state index contributed by atoms with van der Waals surface area (Å²) in [4.78, 5) is 13.3. The Bertz CT molecular complexity index is 499. The van der Waals surface area contributed by atoms with Crippen LogP contribution in [0.3, 0.4) is 0 Å². The maximum Gasteiger partial charge on any atom is 0.243 e. The lowest BCUT2D eigenvalue weighted by atomic mass is 10.1. The lowest BCUT2D eigenvalue weighted by molar-refractivity contribution is -0.131. The molecule has 5 nitrogen and oxygen atoms in total.